The van der Waals surface area contributed by atoms with Gasteiger partial charge < -0.3 is 14.5 Å². The highest BCUT2D eigenvalue weighted by molar-refractivity contribution is 6.07. The predicted octanol–water partition coefficient (Wildman–Crippen LogP) is 3.16. The summed E-state index contributed by atoms with van der Waals surface area (Å²) in [5, 5.41) is 6.78. The quantitative estimate of drug-likeness (QED) is 0.530. The molecule has 3 aromatic heterocycles. The van der Waals surface area contributed by atoms with Gasteiger partial charge in [-0.1, -0.05) is 30.3 Å². The minimum absolute atomic E-state index is 0.205. The molecule has 0 atom stereocenters. The van der Waals surface area contributed by atoms with E-state index >= 15 is 0 Å². The molecule has 4 rings (SSSR count). The van der Waals surface area contributed by atoms with Crippen LogP contribution in [-0.2, 0) is 11.8 Å². The number of nitrogens with zero attached hydrogens (tertiary/aromatic N) is 4. The molecule has 3 heterocycles. The van der Waals surface area contributed by atoms with E-state index in [1.807, 2.05) is 40.9 Å². The number of carbonyl (C=O) groups excluding carboxylic acids is 2. The normalized spacial score (nSPS) is 10.8. The van der Waals surface area contributed by atoms with Crippen molar-refractivity contribution in [3.05, 3.63) is 72.2 Å². The van der Waals surface area contributed by atoms with Crippen LogP contribution in [0.1, 0.15) is 27.6 Å². The fourth-order valence-electron chi connectivity index (χ4n) is 2.99. The predicted molar refractivity (Wildman–Crippen MR) is 108 cm³/mol. The van der Waals surface area contributed by atoms with Gasteiger partial charge in [-0.2, -0.15) is 5.10 Å². The molecule has 8 nitrogen and oxygen atoms in total. The number of imidazole rings is 1. The van der Waals surface area contributed by atoms with E-state index in [-0.39, 0.29) is 23.9 Å². The van der Waals surface area contributed by atoms with E-state index in [9.17, 15) is 9.59 Å². The van der Waals surface area contributed by atoms with E-state index in [0.29, 0.717) is 11.2 Å². The minimum Gasteiger partial charge on any atom is -0.462 e. The number of ether oxygens (including phenoxy) is 1. The second kappa shape index (κ2) is 7.59. The molecule has 0 aliphatic heterocycles. The Labute approximate surface area is 166 Å². The molecule has 0 saturated heterocycles. The number of carbonyl (C=O) groups is 2. The van der Waals surface area contributed by atoms with Crippen LogP contribution in [-0.4, -0.2) is 37.6 Å². The van der Waals surface area contributed by atoms with Crippen LogP contribution >= 0.6 is 0 Å². The summed E-state index contributed by atoms with van der Waals surface area (Å²) in [6.45, 7) is 1.96. The number of pyridine rings is 1. The maximum absolute atomic E-state index is 12.8. The average molecular weight is 389 g/mol. The van der Waals surface area contributed by atoms with Crippen molar-refractivity contribution in [2.75, 3.05) is 11.9 Å². The number of nitrogens with one attached hydrogen (secondary N) is 1. The third kappa shape index (κ3) is 3.60. The molecule has 0 radical (unpaired) electrons. The van der Waals surface area contributed by atoms with Crippen LogP contribution < -0.4 is 5.32 Å². The summed E-state index contributed by atoms with van der Waals surface area (Å²) < 4.78 is 8.29. The van der Waals surface area contributed by atoms with Crippen LogP contribution in [0, 0.1) is 0 Å². The largest absolute Gasteiger partial charge is 0.462 e. The van der Waals surface area contributed by atoms with E-state index < -0.39 is 5.97 Å². The minimum atomic E-state index is -0.535. The summed E-state index contributed by atoms with van der Waals surface area (Å²) in [5.41, 5.74) is 3.08. The highest BCUT2D eigenvalue weighted by atomic mass is 16.5. The smallest absolute Gasteiger partial charge is 0.343 e. The summed E-state index contributed by atoms with van der Waals surface area (Å²) in [7, 11) is 1.64. The van der Waals surface area contributed by atoms with Gasteiger partial charge in [-0.3, -0.25) is 9.48 Å². The monoisotopic (exact) mass is 389 g/mol. The summed E-state index contributed by atoms with van der Waals surface area (Å²) in [6, 6.07) is 13.2. The Morgan fingerprint density at radius 3 is 2.72 bits per heavy atom. The second-order valence-corrected chi connectivity index (χ2v) is 6.38. The molecule has 1 aromatic carbocycles. The number of hydrogen-bond donors (Lipinski definition) is 1. The van der Waals surface area contributed by atoms with Crippen molar-refractivity contribution < 1.29 is 14.3 Å². The lowest BCUT2D eigenvalue weighted by molar-refractivity contribution is 0.0527. The molecule has 1 N–H and O–H groups in total. The van der Waals surface area contributed by atoms with Gasteiger partial charge in [0.15, 0.2) is 0 Å². The van der Waals surface area contributed by atoms with E-state index in [1.165, 1.54) is 10.9 Å². The maximum atomic E-state index is 12.8. The Bertz CT molecular complexity index is 1190. The zero-order valence-corrected chi connectivity index (χ0v) is 16.0. The number of amides is 1. The average Bonchev–Trinajstić information content (AvgIpc) is 3.32. The Morgan fingerprint density at radius 2 is 1.97 bits per heavy atom. The summed E-state index contributed by atoms with van der Waals surface area (Å²) in [5.74, 6) is -0.625. The first-order chi connectivity index (χ1) is 14.1. The molecule has 146 valence electrons. The molecule has 0 spiro atoms. The van der Waals surface area contributed by atoms with Crippen LogP contribution in [0.3, 0.4) is 0 Å². The highest BCUT2D eigenvalue weighted by Gasteiger charge is 2.20. The Balaban J connectivity index is 1.61. The number of fused-ring (bicyclic) bond motifs is 1. The van der Waals surface area contributed by atoms with E-state index in [1.54, 1.807) is 32.3 Å². The fourth-order valence-corrected chi connectivity index (χ4v) is 2.99. The van der Waals surface area contributed by atoms with Crippen LogP contribution in [0.2, 0.25) is 0 Å². The van der Waals surface area contributed by atoms with Gasteiger partial charge in [-0.25, -0.2) is 9.78 Å². The molecular formula is C21H19N5O3. The molecule has 0 saturated carbocycles. The maximum Gasteiger partial charge on any atom is 0.343 e. The molecule has 4 aromatic rings. The van der Waals surface area contributed by atoms with Gasteiger partial charge >= 0.3 is 5.97 Å². The molecule has 0 bridgehead atoms. The molecular weight excluding hydrogens is 370 g/mol. The molecule has 0 aliphatic rings. The number of hydrogen-bond acceptors (Lipinski definition) is 5. The van der Waals surface area contributed by atoms with Crippen molar-refractivity contribution >= 4 is 23.3 Å². The molecule has 1 amide bonds. The lowest BCUT2D eigenvalue weighted by Gasteiger charge is -2.08. The third-order valence-corrected chi connectivity index (χ3v) is 4.46. The van der Waals surface area contributed by atoms with E-state index in [4.69, 9.17) is 4.74 Å². The summed E-state index contributed by atoms with van der Waals surface area (Å²) >= 11 is 0. The van der Waals surface area contributed by atoms with Crippen molar-refractivity contribution in [3.63, 3.8) is 0 Å². The van der Waals surface area contributed by atoms with Gasteiger partial charge in [0.25, 0.3) is 5.91 Å². The van der Waals surface area contributed by atoms with Crippen LogP contribution in [0.4, 0.5) is 5.82 Å². The van der Waals surface area contributed by atoms with Crippen LogP contribution in [0.15, 0.2) is 61.1 Å². The van der Waals surface area contributed by atoms with Crippen molar-refractivity contribution in [1.29, 1.82) is 0 Å². The zero-order valence-electron chi connectivity index (χ0n) is 16.0. The Hall–Kier alpha value is -3.94. The molecule has 0 fully saturated rings. The number of rotatable bonds is 5. The highest BCUT2D eigenvalue weighted by Crippen LogP contribution is 2.20. The van der Waals surface area contributed by atoms with Gasteiger partial charge in [0.2, 0.25) is 0 Å². The lowest BCUT2D eigenvalue weighted by atomic mass is 10.2. The van der Waals surface area contributed by atoms with Crippen molar-refractivity contribution in [1.82, 2.24) is 19.2 Å². The van der Waals surface area contributed by atoms with Gasteiger partial charge in [0.1, 0.15) is 17.0 Å². The van der Waals surface area contributed by atoms with Crippen molar-refractivity contribution in [2.45, 2.75) is 6.92 Å². The second-order valence-electron chi connectivity index (χ2n) is 6.38. The third-order valence-electron chi connectivity index (χ3n) is 4.46. The van der Waals surface area contributed by atoms with Gasteiger partial charge in [0.05, 0.1) is 18.5 Å². The molecule has 8 heteroatoms. The molecule has 29 heavy (non-hydrogen) atoms. The van der Waals surface area contributed by atoms with Gasteiger partial charge in [-0.05, 0) is 19.1 Å². The van der Waals surface area contributed by atoms with E-state index in [0.717, 1.165) is 11.3 Å². The zero-order chi connectivity index (χ0) is 20.4. The number of benzene rings is 1. The van der Waals surface area contributed by atoms with Gasteiger partial charge in [0, 0.05) is 30.6 Å². The van der Waals surface area contributed by atoms with Crippen LogP contribution in [0.5, 0.6) is 0 Å². The molecule has 0 aliphatic carbocycles. The Kier molecular flexibility index (Phi) is 4.82. The first-order valence-corrected chi connectivity index (χ1v) is 9.11. The topological polar surface area (TPSA) is 90.5 Å². The number of aryl methyl sites for hydroxylation is 1. The first-order valence-electron chi connectivity index (χ1n) is 9.11. The molecule has 0 unspecified atom stereocenters. The SMILES string of the molecule is CCOC(=O)c1cnn(C)c1NC(=O)c1ccn2cc(-c3ccccc3)nc2c1. The number of anilines is 1. The number of aromatic nitrogens is 4. The van der Waals surface area contributed by atoms with Crippen molar-refractivity contribution in [3.8, 4) is 11.3 Å². The summed E-state index contributed by atoms with van der Waals surface area (Å²) in [6.07, 6.45) is 5.06. The standard InChI is InChI=1S/C21H19N5O3/c1-3-29-21(28)16-12-22-25(2)19(16)24-20(27)15-9-10-26-13-17(23-18(26)11-15)14-7-5-4-6-8-14/h4-13H,3H2,1-2H3,(H,24,27). The van der Waals surface area contributed by atoms with Crippen molar-refractivity contribution in [2.24, 2.45) is 7.05 Å². The van der Waals surface area contributed by atoms with Crippen LogP contribution in [0.25, 0.3) is 16.9 Å². The number of esters is 1. The first kappa shape index (κ1) is 18.4. The fraction of sp³-hybridized carbons (Fsp3) is 0.143. The summed E-state index contributed by atoms with van der Waals surface area (Å²) in [4.78, 5) is 29.4. The van der Waals surface area contributed by atoms with Gasteiger partial charge in [-0.15, -0.1) is 0 Å². The Morgan fingerprint density at radius 1 is 1.17 bits per heavy atom. The lowest BCUT2D eigenvalue weighted by Crippen LogP contribution is -2.17. The van der Waals surface area contributed by atoms with E-state index in [2.05, 4.69) is 15.4 Å².